The highest BCUT2D eigenvalue weighted by molar-refractivity contribution is 7.89. The lowest BCUT2D eigenvalue weighted by molar-refractivity contribution is 0.0563. The second-order valence-corrected chi connectivity index (χ2v) is 11.4. The van der Waals surface area contributed by atoms with Crippen LogP contribution in [0, 0.1) is 5.92 Å². The van der Waals surface area contributed by atoms with Crippen molar-refractivity contribution in [2.24, 2.45) is 5.92 Å². The summed E-state index contributed by atoms with van der Waals surface area (Å²) in [7, 11) is -0.725. The summed E-state index contributed by atoms with van der Waals surface area (Å²) < 4.78 is 40.8. The maximum absolute atomic E-state index is 13.8. The molecule has 0 unspecified atom stereocenters. The van der Waals surface area contributed by atoms with Crippen LogP contribution in [-0.2, 0) is 10.0 Å². The van der Waals surface area contributed by atoms with E-state index in [0.29, 0.717) is 11.3 Å². The largest absolute Gasteiger partial charge is 0.496 e. The van der Waals surface area contributed by atoms with Crippen LogP contribution >= 0.6 is 0 Å². The van der Waals surface area contributed by atoms with Gasteiger partial charge in [-0.3, -0.25) is 9.78 Å². The zero-order valence-electron chi connectivity index (χ0n) is 21.9. The number of aliphatic hydroxyl groups excluding tert-OH is 1. The van der Waals surface area contributed by atoms with Crippen LogP contribution in [0.15, 0.2) is 71.9 Å². The summed E-state index contributed by atoms with van der Waals surface area (Å²) in [5, 5.41) is 9.87. The van der Waals surface area contributed by atoms with E-state index < -0.39 is 22.2 Å². The molecule has 0 aliphatic carbocycles. The lowest BCUT2D eigenvalue weighted by Crippen LogP contribution is -2.50. The number of rotatable bonds is 7. The number of aromatic nitrogens is 1. The Balaban J connectivity index is 1.77. The molecular formula is C28H33N3O6S. The first-order valence-corrected chi connectivity index (χ1v) is 13.8. The fraction of sp³-hybridized carbons (Fsp3) is 0.357. The highest BCUT2D eigenvalue weighted by Crippen LogP contribution is 2.38. The van der Waals surface area contributed by atoms with E-state index in [2.05, 4.69) is 4.98 Å². The minimum Gasteiger partial charge on any atom is -0.496 e. The summed E-state index contributed by atoms with van der Waals surface area (Å²) in [5.74, 6) is 0.309. The first-order chi connectivity index (χ1) is 18.2. The molecule has 0 saturated heterocycles. The van der Waals surface area contributed by atoms with Gasteiger partial charge in [0, 0.05) is 43.5 Å². The molecule has 202 valence electrons. The molecule has 1 aliphatic heterocycles. The van der Waals surface area contributed by atoms with Crippen LogP contribution in [0.1, 0.15) is 24.2 Å². The number of benzene rings is 2. The normalized spacial score (nSPS) is 19.8. The summed E-state index contributed by atoms with van der Waals surface area (Å²) in [6, 6.07) is 15.2. The molecule has 0 radical (unpaired) electrons. The van der Waals surface area contributed by atoms with Crippen molar-refractivity contribution in [3.63, 3.8) is 0 Å². The van der Waals surface area contributed by atoms with Crippen molar-refractivity contribution in [1.82, 2.24) is 14.2 Å². The van der Waals surface area contributed by atoms with Gasteiger partial charge in [0.15, 0.2) is 0 Å². The Morgan fingerprint density at radius 1 is 1.24 bits per heavy atom. The van der Waals surface area contributed by atoms with E-state index in [1.54, 1.807) is 56.4 Å². The molecule has 1 amide bonds. The van der Waals surface area contributed by atoms with E-state index >= 15 is 0 Å². The van der Waals surface area contributed by atoms with Crippen molar-refractivity contribution in [3.05, 3.63) is 72.6 Å². The average Bonchev–Trinajstić information content (AvgIpc) is 2.94. The Morgan fingerprint density at radius 3 is 2.68 bits per heavy atom. The molecule has 0 fully saturated rings. The Morgan fingerprint density at radius 2 is 2.00 bits per heavy atom. The van der Waals surface area contributed by atoms with E-state index in [4.69, 9.17) is 9.47 Å². The van der Waals surface area contributed by atoms with Gasteiger partial charge in [0.2, 0.25) is 10.0 Å². The van der Waals surface area contributed by atoms with Gasteiger partial charge in [-0.1, -0.05) is 31.2 Å². The van der Waals surface area contributed by atoms with Gasteiger partial charge in [0.1, 0.15) is 22.5 Å². The van der Waals surface area contributed by atoms with Crippen molar-refractivity contribution >= 4 is 15.9 Å². The van der Waals surface area contributed by atoms with Crippen LogP contribution in [0.25, 0.3) is 11.1 Å². The number of carbonyl (C=O) groups excluding carboxylic acids is 1. The highest BCUT2D eigenvalue weighted by Gasteiger charge is 2.38. The standard InChI is InChI=1S/C28H33N3O6S/c1-19-16-31(20(2)18-32)38(34,35)27-12-11-21(23-9-5-6-10-24(23)36-4)14-25(27)37-26(19)17-30(3)28(33)22-8-7-13-29-15-22/h5-15,19-20,26,32H,16-18H2,1-4H3/t19-,20-,26-/m1/s1. The van der Waals surface area contributed by atoms with Crippen LogP contribution < -0.4 is 9.47 Å². The van der Waals surface area contributed by atoms with Crippen LogP contribution in [0.5, 0.6) is 11.5 Å². The van der Waals surface area contributed by atoms with Gasteiger partial charge in [-0.25, -0.2) is 8.42 Å². The quantitative estimate of drug-likeness (QED) is 0.491. The summed E-state index contributed by atoms with van der Waals surface area (Å²) in [5.41, 5.74) is 1.96. The lowest BCUT2D eigenvalue weighted by atomic mass is 10.0. The summed E-state index contributed by atoms with van der Waals surface area (Å²) in [6.07, 6.45) is 2.58. The maximum atomic E-state index is 13.8. The Labute approximate surface area is 223 Å². The number of fused-ring (bicyclic) bond motifs is 1. The second kappa shape index (κ2) is 11.5. The molecule has 2 heterocycles. The molecule has 1 N–H and O–H groups in total. The van der Waals surface area contributed by atoms with E-state index in [1.807, 2.05) is 31.2 Å². The number of likely N-dealkylation sites (N-methyl/N-ethyl adjacent to an activating group) is 1. The van der Waals surface area contributed by atoms with Gasteiger partial charge in [-0.15, -0.1) is 0 Å². The third-order valence-electron chi connectivity index (χ3n) is 6.79. The van der Waals surface area contributed by atoms with Crippen LogP contribution in [0.4, 0.5) is 0 Å². The fourth-order valence-electron chi connectivity index (χ4n) is 4.56. The van der Waals surface area contributed by atoms with Gasteiger partial charge in [-0.05, 0) is 42.8 Å². The Bertz CT molecular complexity index is 1380. The number of nitrogens with zero attached hydrogens (tertiary/aromatic N) is 3. The predicted molar refractivity (Wildman–Crippen MR) is 144 cm³/mol. The smallest absolute Gasteiger partial charge is 0.255 e. The zero-order valence-corrected chi connectivity index (χ0v) is 22.8. The van der Waals surface area contributed by atoms with Crippen LogP contribution in [0.3, 0.4) is 0 Å². The number of sulfonamides is 1. The zero-order chi connectivity index (χ0) is 27.4. The number of pyridine rings is 1. The maximum Gasteiger partial charge on any atom is 0.255 e. The Kier molecular flexibility index (Phi) is 8.35. The van der Waals surface area contributed by atoms with Crippen molar-refractivity contribution in [2.45, 2.75) is 30.9 Å². The number of methoxy groups -OCH3 is 1. The predicted octanol–water partition coefficient (Wildman–Crippen LogP) is 3.30. The first kappa shape index (κ1) is 27.6. The average molecular weight is 540 g/mol. The minimum absolute atomic E-state index is 0.00888. The molecule has 1 aliphatic rings. The van der Waals surface area contributed by atoms with Gasteiger partial charge in [-0.2, -0.15) is 4.31 Å². The van der Waals surface area contributed by atoms with Gasteiger partial charge in [0.25, 0.3) is 5.91 Å². The van der Waals surface area contributed by atoms with Gasteiger partial charge >= 0.3 is 0 Å². The number of amides is 1. The van der Waals surface area contributed by atoms with Crippen molar-refractivity contribution in [2.75, 3.05) is 33.9 Å². The van der Waals surface area contributed by atoms with E-state index in [9.17, 15) is 18.3 Å². The molecule has 10 heteroatoms. The third-order valence-corrected chi connectivity index (χ3v) is 8.81. The first-order valence-electron chi connectivity index (χ1n) is 12.4. The number of carbonyl (C=O) groups is 1. The summed E-state index contributed by atoms with van der Waals surface area (Å²) >= 11 is 0. The highest BCUT2D eigenvalue weighted by atomic mass is 32.2. The van der Waals surface area contributed by atoms with E-state index in [0.717, 1.165) is 11.1 Å². The van der Waals surface area contributed by atoms with Crippen LogP contribution in [-0.4, -0.2) is 79.6 Å². The Hall–Kier alpha value is -3.47. The molecule has 0 spiro atoms. The molecule has 0 saturated carbocycles. The van der Waals surface area contributed by atoms with Gasteiger partial charge < -0.3 is 19.5 Å². The minimum atomic E-state index is -3.98. The van der Waals surface area contributed by atoms with E-state index in [-0.39, 0.29) is 42.2 Å². The third kappa shape index (κ3) is 5.52. The number of hydrogen-bond acceptors (Lipinski definition) is 7. The number of ether oxygens (including phenoxy) is 2. The van der Waals surface area contributed by atoms with Crippen molar-refractivity contribution in [3.8, 4) is 22.6 Å². The number of para-hydroxylation sites is 1. The molecule has 1 aromatic heterocycles. The SMILES string of the molecule is COc1ccccc1-c1ccc2c(c1)O[C@H](CN(C)C(=O)c1cccnc1)[C@H](C)CN([C@H](C)CO)S2(=O)=O. The number of hydrogen-bond donors (Lipinski definition) is 1. The molecule has 9 nitrogen and oxygen atoms in total. The summed E-state index contributed by atoms with van der Waals surface area (Å²) in [4.78, 5) is 18.6. The van der Waals surface area contributed by atoms with Crippen LogP contribution in [0.2, 0.25) is 0 Å². The molecule has 4 rings (SSSR count). The number of aliphatic hydroxyl groups is 1. The molecule has 38 heavy (non-hydrogen) atoms. The lowest BCUT2D eigenvalue weighted by Gasteiger charge is -2.37. The molecular weight excluding hydrogens is 506 g/mol. The molecule has 3 aromatic rings. The van der Waals surface area contributed by atoms with Crippen molar-refractivity contribution in [1.29, 1.82) is 0 Å². The molecule has 3 atom stereocenters. The second-order valence-electron chi connectivity index (χ2n) is 9.53. The topological polar surface area (TPSA) is 109 Å². The fourth-order valence-corrected chi connectivity index (χ4v) is 6.38. The van der Waals surface area contributed by atoms with E-state index in [1.165, 1.54) is 16.6 Å². The molecule has 2 aromatic carbocycles. The van der Waals surface area contributed by atoms with Crippen molar-refractivity contribution < 1.29 is 27.8 Å². The molecule has 0 bridgehead atoms. The monoisotopic (exact) mass is 539 g/mol. The van der Waals surface area contributed by atoms with Gasteiger partial charge in [0.05, 0.1) is 25.8 Å². The summed E-state index contributed by atoms with van der Waals surface area (Å²) in [6.45, 7) is 3.56.